The van der Waals surface area contributed by atoms with Gasteiger partial charge in [-0.3, -0.25) is 4.79 Å². The van der Waals surface area contributed by atoms with Gasteiger partial charge in [-0.1, -0.05) is 6.58 Å². The summed E-state index contributed by atoms with van der Waals surface area (Å²) in [5.41, 5.74) is -0.621. The lowest BCUT2D eigenvalue weighted by Crippen LogP contribution is -2.46. The smallest absolute Gasteiger partial charge is 0.344 e. The maximum absolute atomic E-state index is 11.7. The molecule has 1 aliphatic heterocycles. The van der Waals surface area contributed by atoms with E-state index >= 15 is 0 Å². The highest BCUT2D eigenvalue weighted by molar-refractivity contribution is 5.88. The number of hydrogen-bond acceptors (Lipinski definition) is 6. The summed E-state index contributed by atoms with van der Waals surface area (Å²) in [4.78, 5) is 34.4. The summed E-state index contributed by atoms with van der Waals surface area (Å²) in [5.74, 6) is -1.58. The van der Waals surface area contributed by atoms with Gasteiger partial charge in [0.25, 0.3) is 0 Å². The predicted molar refractivity (Wildman–Crippen MR) is 67.5 cm³/mol. The van der Waals surface area contributed by atoms with E-state index in [2.05, 4.69) is 6.58 Å². The molecule has 2 rings (SSSR count). The Morgan fingerprint density at radius 2 is 2.20 bits per heavy atom. The summed E-state index contributed by atoms with van der Waals surface area (Å²) in [6.07, 6.45) is 1.38. The van der Waals surface area contributed by atoms with Crippen molar-refractivity contribution in [1.82, 2.24) is 0 Å². The van der Waals surface area contributed by atoms with Crippen molar-refractivity contribution in [3.8, 4) is 0 Å². The van der Waals surface area contributed by atoms with E-state index in [0.717, 1.165) is 0 Å². The monoisotopic (exact) mass is 282 g/mol. The number of hydrogen-bond donors (Lipinski definition) is 0. The van der Waals surface area contributed by atoms with Crippen molar-refractivity contribution in [3.05, 3.63) is 12.2 Å². The third kappa shape index (κ3) is 2.84. The van der Waals surface area contributed by atoms with Gasteiger partial charge in [0.2, 0.25) is 0 Å². The van der Waals surface area contributed by atoms with Gasteiger partial charge in [0.05, 0.1) is 5.92 Å². The molecule has 3 unspecified atom stereocenters. The fourth-order valence-electron chi connectivity index (χ4n) is 2.52. The van der Waals surface area contributed by atoms with Crippen LogP contribution in [0.1, 0.15) is 33.1 Å². The number of rotatable bonds is 4. The molecule has 1 saturated heterocycles. The van der Waals surface area contributed by atoms with Crippen LogP contribution in [0.5, 0.6) is 0 Å². The summed E-state index contributed by atoms with van der Waals surface area (Å²) in [5, 5.41) is 0. The number of carbonyl (C=O) groups excluding carboxylic acids is 3. The van der Waals surface area contributed by atoms with Crippen molar-refractivity contribution in [1.29, 1.82) is 0 Å². The van der Waals surface area contributed by atoms with Crippen molar-refractivity contribution in [2.45, 2.75) is 44.8 Å². The lowest BCUT2D eigenvalue weighted by molar-refractivity contribution is -0.182. The molecule has 110 valence electrons. The molecule has 1 saturated carbocycles. The van der Waals surface area contributed by atoms with Gasteiger partial charge in [-0.15, -0.1) is 0 Å². The van der Waals surface area contributed by atoms with Crippen LogP contribution in [0.2, 0.25) is 0 Å². The molecule has 2 aliphatic rings. The maximum Gasteiger partial charge on any atom is 0.344 e. The summed E-state index contributed by atoms with van der Waals surface area (Å²) >= 11 is 0. The maximum atomic E-state index is 11.7. The lowest BCUT2D eigenvalue weighted by Gasteiger charge is -2.36. The first kappa shape index (κ1) is 14.6. The Morgan fingerprint density at radius 3 is 2.85 bits per heavy atom. The van der Waals surface area contributed by atoms with E-state index in [1.165, 1.54) is 6.92 Å². The Morgan fingerprint density at radius 1 is 1.50 bits per heavy atom. The SMILES string of the molecule is C=C(C)C(=O)OCC(=O)OC1(C)CCC2CC1OC2=O. The Labute approximate surface area is 117 Å². The van der Waals surface area contributed by atoms with E-state index in [1.807, 2.05) is 0 Å². The van der Waals surface area contributed by atoms with Crippen molar-refractivity contribution < 1.29 is 28.6 Å². The quantitative estimate of drug-likeness (QED) is 0.437. The number of fused-ring (bicyclic) bond motifs is 2. The Bertz CT molecular complexity index is 468. The minimum Gasteiger partial charge on any atom is -0.458 e. The Kier molecular flexibility index (Phi) is 3.83. The first-order valence-corrected chi connectivity index (χ1v) is 6.57. The summed E-state index contributed by atoms with van der Waals surface area (Å²) in [6, 6.07) is 0. The Hall–Kier alpha value is -1.85. The predicted octanol–water partition coefficient (Wildman–Crippen LogP) is 1.13. The van der Waals surface area contributed by atoms with Gasteiger partial charge in [0, 0.05) is 12.0 Å². The average molecular weight is 282 g/mol. The summed E-state index contributed by atoms with van der Waals surface area (Å²) < 4.78 is 15.3. The van der Waals surface area contributed by atoms with Crippen LogP contribution >= 0.6 is 0 Å². The normalized spacial score (nSPS) is 31.4. The van der Waals surface area contributed by atoms with Gasteiger partial charge in [-0.2, -0.15) is 0 Å². The van der Waals surface area contributed by atoms with Crippen LogP contribution in [-0.4, -0.2) is 36.2 Å². The second-order valence-electron chi connectivity index (χ2n) is 5.54. The molecular weight excluding hydrogens is 264 g/mol. The topological polar surface area (TPSA) is 78.9 Å². The van der Waals surface area contributed by atoms with Crippen LogP contribution in [0.15, 0.2) is 12.2 Å². The van der Waals surface area contributed by atoms with Crippen molar-refractivity contribution in [2.24, 2.45) is 5.92 Å². The number of carbonyl (C=O) groups is 3. The van der Waals surface area contributed by atoms with Gasteiger partial charge in [-0.25, -0.2) is 9.59 Å². The van der Waals surface area contributed by atoms with Crippen LogP contribution in [-0.2, 0) is 28.6 Å². The minimum atomic E-state index is -0.838. The largest absolute Gasteiger partial charge is 0.458 e. The molecule has 6 nitrogen and oxygen atoms in total. The summed E-state index contributed by atoms with van der Waals surface area (Å²) in [7, 11) is 0. The van der Waals surface area contributed by atoms with E-state index in [4.69, 9.17) is 14.2 Å². The second kappa shape index (κ2) is 5.26. The molecule has 0 radical (unpaired) electrons. The van der Waals surface area contributed by atoms with Crippen LogP contribution in [0, 0.1) is 5.92 Å². The zero-order valence-corrected chi connectivity index (χ0v) is 11.6. The Balaban J connectivity index is 1.89. The van der Waals surface area contributed by atoms with Gasteiger partial charge < -0.3 is 14.2 Å². The van der Waals surface area contributed by atoms with E-state index in [1.54, 1.807) is 6.92 Å². The second-order valence-corrected chi connectivity index (χ2v) is 5.54. The molecule has 2 bridgehead atoms. The molecule has 0 amide bonds. The van der Waals surface area contributed by atoms with E-state index in [-0.39, 0.29) is 17.5 Å². The molecule has 1 aliphatic carbocycles. The molecule has 0 spiro atoms. The third-order valence-electron chi connectivity index (χ3n) is 3.78. The highest BCUT2D eigenvalue weighted by Crippen LogP contribution is 2.42. The van der Waals surface area contributed by atoms with Crippen molar-refractivity contribution in [2.75, 3.05) is 6.61 Å². The van der Waals surface area contributed by atoms with Crippen LogP contribution < -0.4 is 0 Å². The molecule has 20 heavy (non-hydrogen) atoms. The zero-order valence-electron chi connectivity index (χ0n) is 11.6. The van der Waals surface area contributed by atoms with Crippen molar-refractivity contribution >= 4 is 17.9 Å². The standard InChI is InChI=1S/C14H18O6/c1-8(2)12(16)18-7-11(15)20-14(3)5-4-9-6-10(14)19-13(9)17/h9-10H,1,4-7H2,2-3H3. The highest BCUT2D eigenvalue weighted by atomic mass is 16.6. The molecule has 2 fully saturated rings. The van der Waals surface area contributed by atoms with E-state index in [0.29, 0.717) is 19.3 Å². The number of esters is 3. The van der Waals surface area contributed by atoms with Crippen LogP contribution in [0.4, 0.5) is 0 Å². The van der Waals surface area contributed by atoms with E-state index < -0.39 is 30.3 Å². The fourth-order valence-corrected chi connectivity index (χ4v) is 2.52. The highest BCUT2D eigenvalue weighted by Gasteiger charge is 2.52. The van der Waals surface area contributed by atoms with E-state index in [9.17, 15) is 14.4 Å². The average Bonchev–Trinajstić information content (AvgIpc) is 2.70. The van der Waals surface area contributed by atoms with Crippen LogP contribution in [0.3, 0.4) is 0 Å². The molecule has 3 atom stereocenters. The first-order valence-electron chi connectivity index (χ1n) is 6.57. The molecule has 0 aromatic carbocycles. The molecule has 6 heteroatoms. The number of ether oxygens (including phenoxy) is 3. The van der Waals surface area contributed by atoms with Gasteiger partial charge in [-0.05, 0) is 26.7 Å². The minimum absolute atomic E-state index is 0.0759. The summed E-state index contributed by atoms with van der Waals surface area (Å²) in [6.45, 7) is 6.19. The molecule has 0 N–H and O–H groups in total. The molecular formula is C14H18O6. The molecule has 1 heterocycles. The van der Waals surface area contributed by atoms with Crippen LogP contribution in [0.25, 0.3) is 0 Å². The van der Waals surface area contributed by atoms with Gasteiger partial charge in [0.1, 0.15) is 11.7 Å². The molecule has 0 aromatic rings. The van der Waals surface area contributed by atoms with Crippen molar-refractivity contribution in [3.63, 3.8) is 0 Å². The van der Waals surface area contributed by atoms with Gasteiger partial charge >= 0.3 is 17.9 Å². The fraction of sp³-hybridized carbons (Fsp3) is 0.643. The lowest BCUT2D eigenvalue weighted by atomic mass is 9.80. The first-order chi connectivity index (χ1) is 9.32. The zero-order chi connectivity index (χ0) is 14.9. The third-order valence-corrected chi connectivity index (χ3v) is 3.78. The van der Waals surface area contributed by atoms with Gasteiger partial charge in [0.15, 0.2) is 6.61 Å². The molecule has 0 aromatic heterocycles.